The standard InChI is InChI=1S/C11H16N5O7P/c12-11-14-8-6(9(18)15-11)13-3-16(8)10-7(17)5(2-23-10)1-22-4-24(19,20)21/h3,5,7,10,17H,1-2,4H2,(H2,19,20,21)(H3,12,14,15,18)/t5-,7+,10+/m0/s1. The molecule has 1 aliphatic heterocycles. The molecular formula is C11H16N5O7P. The number of H-pyrrole nitrogens is 1. The number of nitrogens with one attached hydrogen (secondary N) is 1. The van der Waals surface area contributed by atoms with E-state index in [1.807, 2.05) is 0 Å². The topological polar surface area (TPSA) is 186 Å². The van der Waals surface area contributed by atoms with Gasteiger partial charge in [0, 0.05) is 5.92 Å². The zero-order valence-corrected chi connectivity index (χ0v) is 13.2. The van der Waals surface area contributed by atoms with Crippen LogP contribution in [0, 0.1) is 5.92 Å². The minimum Gasteiger partial charge on any atom is -0.388 e. The number of nitrogen functional groups attached to an aromatic ring is 1. The molecular weight excluding hydrogens is 345 g/mol. The van der Waals surface area contributed by atoms with Crippen molar-refractivity contribution in [2.24, 2.45) is 5.92 Å². The van der Waals surface area contributed by atoms with Gasteiger partial charge in [-0.05, 0) is 0 Å². The van der Waals surface area contributed by atoms with Crippen LogP contribution in [0.4, 0.5) is 5.95 Å². The van der Waals surface area contributed by atoms with Gasteiger partial charge in [0.1, 0.15) is 12.5 Å². The fourth-order valence-corrected chi connectivity index (χ4v) is 2.84. The van der Waals surface area contributed by atoms with Gasteiger partial charge in [-0.2, -0.15) is 4.98 Å². The van der Waals surface area contributed by atoms with Crippen LogP contribution in [0.2, 0.25) is 0 Å². The van der Waals surface area contributed by atoms with Crippen LogP contribution in [0.5, 0.6) is 0 Å². The fraction of sp³-hybridized carbons (Fsp3) is 0.545. The number of rotatable bonds is 5. The van der Waals surface area contributed by atoms with Crippen LogP contribution in [0.15, 0.2) is 11.1 Å². The number of aromatic nitrogens is 4. The molecule has 13 heteroatoms. The van der Waals surface area contributed by atoms with E-state index in [0.29, 0.717) is 0 Å². The van der Waals surface area contributed by atoms with Crippen LogP contribution in [0.1, 0.15) is 6.23 Å². The molecule has 2 aromatic rings. The van der Waals surface area contributed by atoms with E-state index in [-0.39, 0.29) is 30.3 Å². The molecule has 12 nitrogen and oxygen atoms in total. The highest BCUT2D eigenvalue weighted by atomic mass is 31.2. The Balaban J connectivity index is 1.77. The highest BCUT2D eigenvalue weighted by Crippen LogP contribution is 2.35. The molecule has 0 spiro atoms. The predicted molar refractivity (Wildman–Crippen MR) is 79.9 cm³/mol. The first-order valence-electron chi connectivity index (χ1n) is 6.90. The van der Waals surface area contributed by atoms with Crippen molar-refractivity contribution >= 4 is 24.7 Å². The third-order valence-corrected chi connectivity index (χ3v) is 4.09. The molecule has 3 heterocycles. The Kier molecular flexibility index (Phi) is 4.42. The van der Waals surface area contributed by atoms with Gasteiger partial charge in [-0.3, -0.25) is 18.9 Å². The number of aliphatic hydroxyl groups excluding tert-OH is 1. The number of hydrogen-bond donors (Lipinski definition) is 5. The molecule has 0 radical (unpaired) electrons. The molecule has 0 aliphatic carbocycles. The zero-order chi connectivity index (χ0) is 17.5. The lowest BCUT2D eigenvalue weighted by Gasteiger charge is -2.19. The van der Waals surface area contributed by atoms with Gasteiger partial charge in [-0.15, -0.1) is 0 Å². The quantitative estimate of drug-likeness (QED) is 0.387. The van der Waals surface area contributed by atoms with Crippen molar-refractivity contribution in [3.05, 3.63) is 16.7 Å². The summed E-state index contributed by atoms with van der Waals surface area (Å²) in [4.78, 5) is 39.5. The Morgan fingerprint density at radius 1 is 1.54 bits per heavy atom. The largest absolute Gasteiger partial charge is 0.388 e. The second-order valence-electron chi connectivity index (χ2n) is 5.41. The van der Waals surface area contributed by atoms with Crippen LogP contribution >= 0.6 is 7.60 Å². The molecule has 6 N–H and O–H groups in total. The summed E-state index contributed by atoms with van der Waals surface area (Å²) in [5.74, 6) is -0.596. The molecule has 1 saturated heterocycles. The summed E-state index contributed by atoms with van der Waals surface area (Å²) in [5, 5.41) is 10.4. The predicted octanol–water partition coefficient (Wildman–Crippen LogP) is -1.64. The summed E-state index contributed by atoms with van der Waals surface area (Å²) in [6.07, 6.45) is -1.34. The van der Waals surface area contributed by atoms with Gasteiger partial charge in [0.2, 0.25) is 5.95 Å². The van der Waals surface area contributed by atoms with Crippen molar-refractivity contribution in [2.45, 2.75) is 12.3 Å². The summed E-state index contributed by atoms with van der Waals surface area (Å²) >= 11 is 0. The highest BCUT2D eigenvalue weighted by Gasteiger charge is 2.38. The smallest absolute Gasteiger partial charge is 0.350 e. The van der Waals surface area contributed by atoms with Gasteiger partial charge < -0.3 is 30.1 Å². The van der Waals surface area contributed by atoms with Gasteiger partial charge >= 0.3 is 7.60 Å². The minimum atomic E-state index is -4.27. The van der Waals surface area contributed by atoms with Crippen LogP contribution in [-0.2, 0) is 14.0 Å². The first kappa shape index (κ1) is 17.0. The summed E-state index contributed by atoms with van der Waals surface area (Å²) in [7, 11) is -4.27. The number of hydrogen-bond acceptors (Lipinski definition) is 8. The average Bonchev–Trinajstić information content (AvgIpc) is 3.02. The summed E-state index contributed by atoms with van der Waals surface area (Å²) in [6, 6.07) is 0. The Labute approximate surface area is 134 Å². The summed E-state index contributed by atoms with van der Waals surface area (Å²) in [6.45, 7) is 0.0108. The maximum atomic E-state index is 11.8. The number of anilines is 1. The lowest BCUT2D eigenvalue weighted by molar-refractivity contribution is -0.0126. The van der Waals surface area contributed by atoms with E-state index < -0.39 is 37.8 Å². The molecule has 0 amide bonds. The molecule has 2 aromatic heterocycles. The number of ether oxygens (including phenoxy) is 2. The van der Waals surface area contributed by atoms with E-state index in [9.17, 15) is 14.5 Å². The lowest BCUT2D eigenvalue weighted by Crippen LogP contribution is -2.28. The first-order chi connectivity index (χ1) is 11.3. The van der Waals surface area contributed by atoms with E-state index in [0.717, 1.165) is 0 Å². The van der Waals surface area contributed by atoms with Gasteiger partial charge in [-0.1, -0.05) is 0 Å². The van der Waals surface area contributed by atoms with E-state index in [2.05, 4.69) is 15.0 Å². The number of aromatic amines is 1. The number of nitrogens with two attached hydrogens (primary N) is 1. The molecule has 1 fully saturated rings. The molecule has 0 aromatic carbocycles. The molecule has 0 unspecified atom stereocenters. The fourth-order valence-electron chi connectivity index (χ4n) is 2.50. The molecule has 3 atom stereocenters. The van der Waals surface area contributed by atoms with Gasteiger partial charge in [-0.25, -0.2) is 4.98 Å². The summed E-state index contributed by atoms with van der Waals surface area (Å²) < 4.78 is 22.6. The Hall–Kier alpha value is -1.82. The Morgan fingerprint density at radius 2 is 2.29 bits per heavy atom. The Morgan fingerprint density at radius 3 is 3.00 bits per heavy atom. The van der Waals surface area contributed by atoms with Crippen molar-refractivity contribution in [2.75, 3.05) is 25.3 Å². The van der Waals surface area contributed by atoms with Crippen LogP contribution in [0.3, 0.4) is 0 Å². The van der Waals surface area contributed by atoms with Crippen LogP contribution < -0.4 is 11.3 Å². The molecule has 132 valence electrons. The number of nitrogens with zero attached hydrogens (tertiary/aromatic N) is 3. The van der Waals surface area contributed by atoms with Crippen molar-refractivity contribution < 1.29 is 28.9 Å². The monoisotopic (exact) mass is 361 g/mol. The number of aliphatic hydroxyl groups is 1. The van der Waals surface area contributed by atoms with Gasteiger partial charge in [0.25, 0.3) is 5.56 Å². The minimum absolute atomic E-state index is 0.0567. The molecule has 24 heavy (non-hydrogen) atoms. The maximum absolute atomic E-state index is 11.8. The molecule has 1 aliphatic rings. The average molecular weight is 361 g/mol. The van der Waals surface area contributed by atoms with E-state index in [1.165, 1.54) is 10.9 Å². The second-order valence-corrected chi connectivity index (χ2v) is 7.00. The third-order valence-electron chi connectivity index (χ3n) is 3.57. The number of imidazole rings is 1. The second kappa shape index (κ2) is 6.24. The highest BCUT2D eigenvalue weighted by molar-refractivity contribution is 7.51. The van der Waals surface area contributed by atoms with Gasteiger partial charge in [0.15, 0.2) is 17.4 Å². The Bertz CT molecular complexity index is 845. The summed E-state index contributed by atoms with van der Waals surface area (Å²) in [5.41, 5.74) is 5.23. The third kappa shape index (κ3) is 3.34. The van der Waals surface area contributed by atoms with Crippen molar-refractivity contribution in [3.8, 4) is 0 Å². The van der Waals surface area contributed by atoms with Crippen LogP contribution in [-0.4, -0.2) is 60.1 Å². The van der Waals surface area contributed by atoms with E-state index >= 15 is 0 Å². The maximum Gasteiger partial charge on any atom is 0.350 e. The number of fused-ring (bicyclic) bond motifs is 1. The lowest BCUT2D eigenvalue weighted by atomic mass is 10.1. The van der Waals surface area contributed by atoms with E-state index in [1.54, 1.807) is 0 Å². The van der Waals surface area contributed by atoms with Crippen molar-refractivity contribution in [3.63, 3.8) is 0 Å². The van der Waals surface area contributed by atoms with E-state index in [4.69, 9.17) is 25.0 Å². The van der Waals surface area contributed by atoms with Crippen LogP contribution in [0.25, 0.3) is 11.2 Å². The molecule has 0 saturated carbocycles. The SMILES string of the molecule is Nc1nc2c(ncn2[C@@H]2OC[C@H](COCP(=O)(O)O)[C@H]2O)c(=O)[nH]1. The molecule has 3 rings (SSSR count). The molecule has 0 bridgehead atoms. The van der Waals surface area contributed by atoms with Gasteiger partial charge in [0.05, 0.1) is 19.5 Å². The van der Waals surface area contributed by atoms with Crippen molar-refractivity contribution in [1.29, 1.82) is 0 Å². The van der Waals surface area contributed by atoms with Crippen molar-refractivity contribution in [1.82, 2.24) is 19.5 Å². The normalized spacial score (nSPS) is 24.7. The first-order valence-corrected chi connectivity index (χ1v) is 8.70. The zero-order valence-electron chi connectivity index (χ0n) is 12.3.